The van der Waals surface area contributed by atoms with Crippen molar-refractivity contribution in [3.05, 3.63) is 29.8 Å². The van der Waals surface area contributed by atoms with Crippen LogP contribution < -0.4 is 10.1 Å². The van der Waals surface area contributed by atoms with E-state index in [9.17, 15) is 0 Å². The van der Waals surface area contributed by atoms with Gasteiger partial charge in [-0.05, 0) is 6.07 Å². The first-order chi connectivity index (χ1) is 9.92. The molecule has 1 aromatic rings. The van der Waals surface area contributed by atoms with E-state index in [2.05, 4.69) is 11.4 Å². The molecule has 2 rings (SSSR count). The van der Waals surface area contributed by atoms with E-state index in [1.54, 1.807) is 7.11 Å². The Balaban J connectivity index is 1.50. The summed E-state index contributed by atoms with van der Waals surface area (Å²) in [4.78, 5) is 0. The van der Waals surface area contributed by atoms with Crippen LogP contribution in [0, 0.1) is 0 Å². The maximum atomic E-state index is 5.61. The molecule has 5 heteroatoms. The second-order valence-corrected chi connectivity index (χ2v) is 4.57. The van der Waals surface area contributed by atoms with E-state index in [0.29, 0.717) is 39.6 Å². The number of rotatable bonds is 10. The number of methoxy groups -OCH3 is 1. The van der Waals surface area contributed by atoms with Gasteiger partial charge in [0.05, 0.1) is 39.1 Å². The molecule has 1 heterocycles. The zero-order valence-corrected chi connectivity index (χ0v) is 12.0. The second-order valence-electron chi connectivity index (χ2n) is 4.57. The molecular formula is C15H23NO4. The molecule has 1 N–H and O–H groups in total. The van der Waals surface area contributed by atoms with Crippen molar-refractivity contribution < 1.29 is 18.9 Å². The fraction of sp³-hybridized carbons (Fsp3) is 0.600. The summed E-state index contributed by atoms with van der Waals surface area (Å²) in [6.45, 7) is 4.64. The van der Waals surface area contributed by atoms with Crippen LogP contribution in [0.5, 0.6) is 5.75 Å². The molecule has 1 aromatic carbocycles. The van der Waals surface area contributed by atoms with Crippen LogP contribution >= 0.6 is 0 Å². The summed E-state index contributed by atoms with van der Waals surface area (Å²) in [5.74, 6) is 0.984. The van der Waals surface area contributed by atoms with Crippen LogP contribution in [0.4, 0.5) is 0 Å². The summed E-state index contributed by atoms with van der Waals surface area (Å²) in [5.41, 5.74) is 1.23. The molecule has 0 saturated heterocycles. The molecule has 1 atom stereocenters. The van der Waals surface area contributed by atoms with Crippen molar-refractivity contribution in [3.8, 4) is 5.75 Å². The van der Waals surface area contributed by atoms with Crippen LogP contribution in [-0.2, 0) is 14.2 Å². The number of benzene rings is 1. The molecule has 1 aliphatic rings. The molecule has 1 aliphatic heterocycles. The lowest BCUT2D eigenvalue weighted by atomic mass is 10.1. The maximum absolute atomic E-state index is 5.61. The summed E-state index contributed by atoms with van der Waals surface area (Å²) in [5, 5.41) is 3.44. The Morgan fingerprint density at radius 2 is 1.85 bits per heavy atom. The summed E-state index contributed by atoms with van der Waals surface area (Å²) in [6.07, 6.45) is 0. The highest BCUT2D eigenvalue weighted by Gasteiger charge is 2.22. The van der Waals surface area contributed by atoms with Crippen LogP contribution in [-0.4, -0.2) is 53.3 Å². The van der Waals surface area contributed by atoms with Gasteiger partial charge in [-0.1, -0.05) is 18.2 Å². The van der Waals surface area contributed by atoms with E-state index in [-0.39, 0.29) is 6.04 Å². The van der Waals surface area contributed by atoms with Gasteiger partial charge in [-0.15, -0.1) is 0 Å². The quantitative estimate of drug-likeness (QED) is 0.657. The van der Waals surface area contributed by atoms with Crippen molar-refractivity contribution in [3.63, 3.8) is 0 Å². The third kappa shape index (κ3) is 4.76. The normalized spacial score (nSPS) is 16.9. The fourth-order valence-corrected chi connectivity index (χ4v) is 2.10. The minimum absolute atomic E-state index is 0.271. The van der Waals surface area contributed by atoms with Crippen LogP contribution in [0.1, 0.15) is 11.6 Å². The van der Waals surface area contributed by atoms with E-state index in [1.807, 2.05) is 18.2 Å². The SMILES string of the molecule is COCCOCCOCCNC1COc2ccccc21. The van der Waals surface area contributed by atoms with Gasteiger partial charge in [0.2, 0.25) is 0 Å². The highest BCUT2D eigenvalue weighted by Crippen LogP contribution is 2.31. The van der Waals surface area contributed by atoms with Gasteiger partial charge in [0.1, 0.15) is 12.4 Å². The lowest BCUT2D eigenvalue weighted by molar-refractivity contribution is 0.0251. The van der Waals surface area contributed by atoms with E-state index in [4.69, 9.17) is 18.9 Å². The number of ether oxygens (including phenoxy) is 4. The molecule has 0 aliphatic carbocycles. The topological polar surface area (TPSA) is 49.0 Å². The van der Waals surface area contributed by atoms with Crippen molar-refractivity contribution in [1.82, 2.24) is 5.32 Å². The Labute approximate surface area is 120 Å². The molecule has 0 aromatic heterocycles. The highest BCUT2D eigenvalue weighted by molar-refractivity contribution is 5.39. The zero-order valence-electron chi connectivity index (χ0n) is 12.0. The third-order valence-electron chi connectivity index (χ3n) is 3.14. The highest BCUT2D eigenvalue weighted by atomic mass is 16.5. The van der Waals surface area contributed by atoms with Crippen LogP contribution in [0.15, 0.2) is 24.3 Å². The first-order valence-electron chi connectivity index (χ1n) is 7.01. The molecule has 0 amide bonds. The van der Waals surface area contributed by atoms with Crippen molar-refractivity contribution in [2.24, 2.45) is 0 Å². The second kappa shape index (κ2) is 8.92. The minimum atomic E-state index is 0.271. The molecule has 5 nitrogen and oxygen atoms in total. The Bertz CT molecular complexity index is 386. The first-order valence-corrected chi connectivity index (χ1v) is 7.01. The Hall–Kier alpha value is -1.14. The Morgan fingerprint density at radius 3 is 2.70 bits per heavy atom. The smallest absolute Gasteiger partial charge is 0.124 e. The van der Waals surface area contributed by atoms with Crippen LogP contribution in [0.25, 0.3) is 0 Å². The standard InChI is InChI=1S/C15H23NO4/c1-17-8-9-19-11-10-18-7-6-16-14-12-20-15-5-3-2-4-13(14)15/h2-5,14,16H,6-12H2,1H3. The lowest BCUT2D eigenvalue weighted by Crippen LogP contribution is -2.26. The summed E-state index contributed by atoms with van der Waals surface area (Å²) in [6, 6.07) is 8.41. The van der Waals surface area contributed by atoms with Crippen molar-refractivity contribution in [2.75, 3.05) is 53.3 Å². The number of nitrogens with one attached hydrogen (secondary N) is 1. The maximum Gasteiger partial charge on any atom is 0.124 e. The molecular weight excluding hydrogens is 258 g/mol. The van der Waals surface area contributed by atoms with Gasteiger partial charge >= 0.3 is 0 Å². The van der Waals surface area contributed by atoms with Gasteiger partial charge in [-0.2, -0.15) is 0 Å². The molecule has 20 heavy (non-hydrogen) atoms. The fourth-order valence-electron chi connectivity index (χ4n) is 2.10. The molecule has 0 fully saturated rings. The van der Waals surface area contributed by atoms with Crippen molar-refractivity contribution in [2.45, 2.75) is 6.04 Å². The summed E-state index contributed by atoms with van der Waals surface area (Å²) < 4.78 is 21.3. The van der Waals surface area contributed by atoms with E-state index < -0.39 is 0 Å². The third-order valence-corrected chi connectivity index (χ3v) is 3.14. The number of para-hydroxylation sites is 1. The van der Waals surface area contributed by atoms with Crippen molar-refractivity contribution in [1.29, 1.82) is 0 Å². The minimum Gasteiger partial charge on any atom is -0.491 e. The average molecular weight is 281 g/mol. The molecule has 112 valence electrons. The van der Waals surface area contributed by atoms with Gasteiger partial charge in [0, 0.05) is 19.2 Å². The van der Waals surface area contributed by atoms with Crippen LogP contribution in [0.2, 0.25) is 0 Å². The zero-order chi connectivity index (χ0) is 14.0. The van der Waals surface area contributed by atoms with E-state index in [1.165, 1.54) is 5.56 Å². The van der Waals surface area contributed by atoms with E-state index in [0.717, 1.165) is 12.3 Å². The number of fused-ring (bicyclic) bond motifs is 1. The van der Waals surface area contributed by atoms with Gasteiger partial charge in [-0.3, -0.25) is 0 Å². The predicted molar refractivity (Wildman–Crippen MR) is 76.2 cm³/mol. The summed E-state index contributed by atoms with van der Waals surface area (Å²) >= 11 is 0. The molecule has 0 saturated carbocycles. The largest absolute Gasteiger partial charge is 0.491 e. The Kier molecular flexibility index (Phi) is 6.80. The average Bonchev–Trinajstić information content (AvgIpc) is 2.89. The van der Waals surface area contributed by atoms with Gasteiger partial charge in [-0.25, -0.2) is 0 Å². The van der Waals surface area contributed by atoms with Gasteiger partial charge in [0.15, 0.2) is 0 Å². The van der Waals surface area contributed by atoms with Gasteiger partial charge < -0.3 is 24.3 Å². The Morgan fingerprint density at radius 1 is 1.10 bits per heavy atom. The molecule has 0 radical (unpaired) electrons. The van der Waals surface area contributed by atoms with E-state index >= 15 is 0 Å². The van der Waals surface area contributed by atoms with Crippen LogP contribution in [0.3, 0.4) is 0 Å². The first kappa shape index (κ1) is 15.3. The molecule has 0 bridgehead atoms. The number of hydrogen-bond donors (Lipinski definition) is 1. The lowest BCUT2D eigenvalue weighted by Gasteiger charge is -2.11. The monoisotopic (exact) mass is 281 g/mol. The molecule has 1 unspecified atom stereocenters. The van der Waals surface area contributed by atoms with Gasteiger partial charge in [0.25, 0.3) is 0 Å². The predicted octanol–water partition coefficient (Wildman–Crippen LogP) is 1.39. The van der Waals surface area contributed by atoms with Crippen molar-refractivity contribution >= 4 is 0 Å². The molecule has 0 spiro atoms. The number of hydrogen-bond acceptors (Lipinski definition) is 5. The summed E-state index contributed by atoms with van der Waals surface area (Å²) in [7, 11) is 1.66.